The third-order valence-electron chi connectivity index (χ3n) is 3.99. The highest BCUT2D eigenvalue weighted by Crippen LogP contribution is 2.18. The van der Waals surface area contributed by atoms with Crippen LogP contribution >= 0.6 is 11.3 Å². The molecule has 0 atom stereocenters. The van der Waals surface area contributed by atoms with Gasteiger partial charge in [-0.1, -0.05) is 41.7 Å². The second kappa shape index (κ2) is 10.4. The van der Waals surface area contributed by atoms with Crippen molar-refractivity contribution in [1.29, 1.82) is 0 Å². The molecule has 3 rings (SSSR count). The van der Waals surface area contributed by atoms with Crippen LogP contribution in [0.3, 0.4) is 0 Å². The minimum absolute atomic E-state index is 0.109. The van der Waals surface area contributed by atoms with Gasteiger partial charge in [-0.3, -0.25) is 14.9 Å². The van der Waals surface area contributed by atoms with Crippen molar-refractivity contribution in [2.24, 2.45) is 0 Å². The van der Waals surface area contributed by atoms with Gasteiger partial charge in [0.2, 0.25) is 11.0 Å². The highest BCUT2D eigenvalue weighted by Gasteiger charge is 2.11. The van der Waals surface area contributed by atoms with Gasteiger partial charge in [0, 0.05) is 24.3 Å². The maximum atomic E-state index is 12.4. The average Bonchev–Trinajstić information content (AvgIpc) is 3.16. The standard InChI is InChI=1S/C21H22N4O3S/c1-2-28-13-12-19-24-25-21(29-19)23-20(27)16-8-10-17(11-9-16)22-18(26)14-15-6-4-3-5-7-15/h3-11H,2,12-14H2,1H3,(H,22,26)(H,23,25,27). The molecule has 7 nitrogen and oxygen atoms in total. The van der Waals surface area contributed by atoms with E-state index in [1.54, 1.807) is 24.3 Å². The van der Waals surface area contributed by atoms with E-state index in [1.165, 1.54) is 11.3 Å². The zero-order valence-electron chi connectivity index (χ0n) is 16.1. The molecule has 2 amide bonds. The summed E-state index contributed by atoms with van der Waals surface area (Å²) in [6.45, 7) is 3.17. The number of ether oxygens (including phenoxy) is 1. The van der Waals surface area contributed by atoms with Gasteiger partial charge in [0.1, 0.15) is 5.01 Å². The van der Waals surface area contributed by atoms with E-state index in [4.69, 9.17) is 4.74 Å². The van der Waals surface area contributed by atoms with Crippen molar-refractivity contribution in [2.75, 3.05) is 23.8 Å². The monoisotopic (exact) mass is 410 g/mol. The Labute approximate surface area is 173 Å². The molecule has 2 aromatic carbocycles. The van der Waals surface area contributed by atoms with Gasteiger partial charge in [0.05, 0.1) is 13.0 Å². The van der Waals surface area contributed by atoms with E-state index in [1.807, 2.05) is 37.3 Å². The van der Waals surface area contributed by atoms with Gasteiger partial charge >= 0.3 is 0 Å². The molecule has 0 aliphatic heterocycles. The second-order valence-electron chi connectivity index (χ2n) is 6.19. The van der Waals surface area contributed by atoms with Crippen LogP contribution in [0.4, 0.5) is 10.8 Å². The van der Waals surface area contributed by atoms with Crippen molar-refractivity contribution in [2.45, 2.75) is 19.8 Å². The summed E-state index contributed by atoms with van der Waals surface area (Å²) in [5.74, 6) is -0.387. The molecule has 0 unspecified atom stereocenters. The van der Waals surface area contributed by atoms with Crippen LogP contribution in [0.15, 0.2) is 54.6 Å². The average molecular weight is 410 g/mol. The number of nitrogens with one attached hydrogen (secondary N) is 2. The Hall–Kier alpha value is -3.10. The Balaban J connectivity index is 1.51. The summed E-state index contributed by atoms with van der Waals surface area (Å²) >= 11 is 1.33. The zero-order valence-corrected chi connectivity index (χ0v) is 16.9. The zero-order chi connectivity index (χ0) is 20.5. The lowest BCUT2D eigenvalue weighted by molar-refractivity contribution is -0.115. The van der Waals surface area contributed by atoms with Crippen molar-refractivity contribution in [3.63, 3.8) is 0 Å². The fourth-order valence-electron chi connectivity index (χ4n) is 2.57. The number of hydrogen-bond donors (Lipinski definition) is 2. The Bertz CT molecular complexity index is 942. The molecule has 0 aliphatic carbocycles. The summed E-state index contributed by atoms with van der Waals surface area (Å²) in [6, 6.07) is 16.2. The number of nitrogens with zero attached hydrogens (tertiary/aromatic N) is 2. The maximum Gasteiger partial charge on any atom is 0.257 e. The molecule has 0 spiro atoms. The van der Waals surface area contributed by atoms with Crippen LogP contribution in [0.25, 0.3) is 0 Å². The minimum Gasteiger partial charge on any atom is -0.381 e. The minimum atomic E-state index is -0.278. The molecule has 0 bridgehead atoms. The van der Waals surface area contributed by atoms with Crippen molar-refractivity contribution in [1.82, 2.24) is 10.2 Å². The SMILES string of the molecule is CCOCCc1nnc(NC(=O)c2ccc(NC(=O)Cc3ccccc3)cc2)s1. The maximum absolute atomic E-state index is 12.4. The van der Waals surface area contributed by atoms with Crippen LogP contribution in [0.1, 0.15) is 27.9 Å². The predicted molar refractivity (Wildman–Crippen MR) is 113 cm³/mol. The Morgan fingerprint density at radius 2 is 1.76 bits per heavy atom. The number of carbonyl (C=O) groups excluding carboxylic acids is 2. The number of benzene rings is 2. The van der Waals surface area contributed by atoms with E-state index in [9.17, 15) is 9.59 Å². The highest BCUT2D eigenvalue weighted by molar-refractivity contribution is 7.15. The first-order valence-electron chi connectivity index (χ1n) is 9.29. The van der Waals surface area contributed by atoms with Gasteiger partial charge in [-0.2, -0.15) is 0 Å². The van der Waals surface area contributed by atoms with Crippen molar-refractivity contribution >= 4 is 34.0 Å². The summed E-state index contributed by atoms with van der Waals surface area (Å²) in [5, 5.41) is 14.9. The van der Waals surface area contributed by atoms with Crippen LogP contribution in [0.5, 0.6) is 0 Å². The number of carbonyl (C=O) groups is 2. The summed E-state index contributed by atoms with van der Waals surface area (Å²) < 4.78 is 5.29. The molecule has 1 aromatic heterocycles. The van der Waals surface area contributed by atoms with Gasteiger partial charge in [-0.05, 0) is 36.8 Å². The van der Waals surface area contributed by atoms with E-state index >= 15 is 0 Å². The molecule has 0 saturated heterocycles. The smallest absolute Gasteiger partial charge is 0.257 e. The van der Waals surface area contributed by atoms with E-state index in [0.29, 0.717) is 42.4 Å². The molecule has 0 fully saturated rings. The lowest BCUT2D eigenvalue weighted by Crippen LogP contribution is -2.15. The number of rotatable bonds is 9. The number of amides is 2. The van der Waals surface area contributed by atoms with Gasteiger partial charge < -0.3 is 10.1 Å². The second-order valence-corrected chi connectivity index (χ2v) is 7.25. The van der Waals surface area contributed by atoms with Gasteiger partial charge in [-0.25, -0.2) is 0 Å². The van der Waals surface area contributed by atoms with Crippen molar-refractivity contribution in [3.05, 3.63) is 70.7 Å². The van der Waals surface area contributed by atoms with E-state index < -0.39 is 0 Å². The quantitative estimate of drug-likeness (QED) is 0.526. The summed E-state index contributed by atoms with van der Waals surface area (Å²) in [7, 11) is 0. The molecule has 1 heterocycles. The molecule has 2 N–H and O–H groups in total. The third-order valence-corrected chi connectivity index (χ3v) is 4.89. The van der Waals surface area contributed by atoms with Gasteiger partial charge in [0.15, 0.2) is 0 Å². The Morgan fingerprint density at radius 3 is 2.48 bits per heavy atom. The Morgan fingerprint density at radius 1 is 1.00 bits per heavy atom. The highest BCUT2D eigenvalue weighted by atomic mass is 32.1. The first-order valence-corrected chi connectivity index (χ1v) is 10.1. The molecule has 0 saturated carbocycles. The largest absolute Gasteiger partial charge is 0.381 e. The summed E-state index contributed by atoms with van der Waals surface area (Å²) in [6.07, 6.45) is 0.963. The van der Waals surface area contributed by atoms with Crippen LogP contribution in [-0.4, -0.2) is 35.2 Å². The lowest BCUT2D eigenvalue weighted by atomic mass is 10.1. The first-order chi connectivity index (χ1) is 14.1. The first kappa shape index (κ1) is 20.6. The molecule has 150 valence electrons. The van der Waals surface area contributed by atoms with E-state index in [2.05, 4.69) is 20.8 Å². The van der Waals surface area contributed by atoms with E-state index in [0.717, 1.165) is 10.6 Å². The summed E-state index contributed by atoms with van der Waals surface area (Å²) in [5.41, 5.74) is 2.05. The number of hydrogen-bond acceptors (Lipinski definition) is 6. The fraction of sp³-hybridized carbons (Fsp3) is 0.238. The molecule has 29 heavy (non-hydrogen) atoms. The van der Waals surface area contributed by atoms with Crippen molar-refractivity contribution < 1.29 is 14.3 Å². The van der Waals surface area contributed by atoms with Gasteiger partial charge in [0.25, 0.3) is 5.91 Å². The topological polar surface area (TPSA) is 93.2 Å². The normalized spacial score (nSPS) is 10.5. The lowest BCUT2D eigenvalue weighted by Gasteiger charge is -2.07. The van der Waals surface area contributed by atoms with Gasteiger partial charge in [-0.15, -0.1) is 10.2 Å². The van der Waals surface area contributed by atoms with E-state index in [-0.39, 0.29) is 11.8 Å². The van der Waals surface area contributed by atoms with Crippen LogP contribution in [-0.2, 0) is 22.4 Å². The van der Waals surface area contributed by atoms with Crippen LogP contribution in [0, 0.1) is 0 Å². The molecular weight excluding hydrogens is 388 g/mol. The van der Waals surface area contributed by atoms with Crippen LogP contribution in [0.2, 0.25) is 0 Å². The fourth-order valence-corrected chi connectivity index (χ4v) is 3.29. The molecule has 0 radical (unpaired) electrons. The van der Waals surface area contributed by atoms with Crippen molar-refractivity contribution in [3.8, 4) is 0 Å². The molecular formula is C21H22N4O3S. The molecule has 0 aliphatic rings. The summed E-state index contributed by atoms with van der Waals surface area (Å²) in [4.78, 5) is 24.5. The molecule has 3 aromatic rings. The number of aromatic nitrogens is 2. The predicted octanol–water partition coefficient (Wildman–Crippen LogP) is 3.55. The Kier molecular flexibility index (Phi) is 7.43. The number of anilines is 2. The third kappa shape index (κ3) is 6.48. The van der Waals surface area contributed by atoms with Crippen LogP contribution < -0.4 is 10.6 Å². The molecule has 8 heteroatoms.